The second kappa shape index (κ2) is 5.83. The van der Waals surface area contributed by atoms with Crippen LogP contribution in [-0.2, 0) is 0 Å². The van der Waals surface area contributed by atoms with E-state index >= 15 is 0 Å². The monoisotopic (exact) mass is 266 g/mol. The Bertz CT molecular complexity index is 563. The Kier molecular flexibility index (Phi) is 4.32. The molecule has 0 fully saturated rings. The zero-order valence-corrected chi connectivity index (χ0v) is 13.5. The number of benzene rings is 1. The molecule has 1 aromatic carbocycles. The van der Waals surface area contributed by atoms with E-state index in [4.69, 9.17) is 0 Å². The molecule has 0 nitrogen and oxygen atoms in total. The maximum absolute atomic E-state index is 2.42. The van der Waals surface area contributed by atoms with E-state index in [-0.39, 0.29) is 0 Å². The molecule has 0 spiro atoms. The average Bonchev–Trinajstić information content (AvgIpc) is 2.39. The van der Waals surface area contributed by atoms with Gasteiger partial charge in [-0.25, -0.2) is 0 Å². The van der Waals surface area contributed by atoms with Crippen LogP contribution in [0, 0.1) is 12.3 Å². The zero-order chi connectivity index (χ0) is 14.8. The van der Waals surface area contributed by atoms with Gasteiger partial charge in [0, 0.05) is 0 Å². The molecule has 1 aromatic rings. The maximum atomic E-state index is 2.42. The van der Waals surface area contributed by atoms with Crippen LogP contribution in [-0.4, -0.2) is 0 Å². The molecule has 20 heavy (non-hydrogen) atoms. The van der Waals surface area contributed by atoms with Crippen molar-refractivity contribution in [3.63, 3.8) is 0 Å². The number of hydrogen-bond donors (Lipinski definition) is 0. The summed E-state index contributed by atoms with van der Waals surface area (Å²) in [5.74, 6) is 0. The lowest BCUT2D eigenvalue weighted by atomic mass is 9.79. The van der Waals surface area contributed by atoms with Gasteiger partial charge in [0.2, 0.25) is 0 Å². The fourth-order valence-corrected chi connectivity index (χ4v) is 2.84. The lowest BCUT2D eigenvalue weighted by Crippen LogP contribution is -2.11. The van der Waals surface area contributed by atoms with E-state index in [0.717, 1.165) is 12.8 Å². The van der Waals surface area contributed by atoms with E-state index in [0.29, 0.717) is 5.41 Å². The summed E-state index contributed by atoms with van der Waals surface area (Å²) in [7, 11) is 0. The van der Waals surface area contributed by atoms with Gasteiger partial charge in [0.1, 0.15) is 0 Å². The van der Waals surface area contributed by atoms with Crippen molar-refractivity contribution in [1.29, 1.82) is 0 Å². The highest BCUT2D eigenvalue weighted by atomic mass is 14.2. The van der Waals surface area contributed by atoms with Crippen LogP contribution in [0.15, 0.2) is 53.6 Å². The lowest BCUT2D eigenvalue weighted by molar-refractivity contribution is 0.477. The third-order valence-corrected chi connectivity index (χ3v) is 4.14. The second-order valence-electron chi connectivity index (χ2n) is 6.61. The van der Waals surface area contributed by atoms with Gasteiger partial charge in [0.25, 0.3) is 0 Å². The molecule has 0 N–H and O–H groups in total. The van der Waals surface area contributed by atoms with E-state index in [2.05, 4.69) is 77.1 Å². The fourth-order valence-electron chi connectivity index (χ4n) is 2.84. The third kappa shape index (κ3) is 3.50. The first kappa shape index (κ1) is 14.8. The summed E-state index contributed by atoms with van der Waals surface area (Å²) in [5.41, 5.74) is 7.32. The van der Waals surface area contributed by atoms with Crippen molar-refractivity contribution in [2.24, 2.45) is 5.41 Å². The van der Waals surface area contributed by atoms with Crippen molar-refractivity contribution in [3.8, 4) is 0 Å². The first-order valence-electron chi connectivity index (χ1n) is 7.52. The minimum Gasteiger partial charge on any atom is -0.0835 e. The normalized spacial score (nSPS) is 18.6. The summed E-state index contributed by atoms with van der Waals surface area (Å²) < 4.78 is 0. The molecule has 0 saturated heterocycles. The van der Waals surface area contributed by atoms with Crippen molar-refractivity contribution >= 4 is 5.57 Å². The van der Waals surface area contributed by atoms with Crippen molar-refractivity contribution in [3.05, 3.63) is 64.8 Å². The van der Waals surface area contributed by atoms with Crippen molar-refractivity contribution in [1.82, 2.24) is 0 Å². The van der Waals surface area contributed by atoms with Crippen LogP contribution in [0.5, 0.6) is 0 Å². The van der Waals surface area contributed by atoms with Crippen LogP contribution in [0.3, 0.4) is 0 Å². The van der Waals surface area contributed by atoms with Gasteiger partial charge in [0.05, 0.1) is 0 Å². The minimum absolute atomic E-state index is 0.313. The molecular weight excluding hydrogens is 240 g/mol. The van der Waals surface area contributed by atoms with Crippen LogP contribution in [0.2, 0.25) is 0 Å². The number of aryl methyl sites for hydroxylation is 1. The van der Waals surface area contributed by atoms with E-state index in [1.54, 1.807) is 0 Å². The predicted octanol–water partition coefficient (Wildman–Crippen LogP) is 6.09. The van der Waals surface area contributed by atoms with Gasteiger partial charge in [0.15, 0.2) is 0 Å². The number of allylic oxidation sites excluding steroid dienone is 6. The Morgan fingerprint density at radius 1 is 1.15 bits per heavy atom. The molecular formula is C20H26. The molecule has 0 bridgehead atoms. The van der Waals surface area contributed by atoms with E-state index in [9.17, 15) is 0 Å². The van der Waals surface area contributed by atoms with Crippen LogP contribution in [0.4, 0.5) is 0 Å². The lowest BCUT2D eigenvalue weighted by Gasteiger charge is -2.26. The van der Waals surface area contributed by atoms with E-state index < -0.39 is 0 Å². The second-order valence-corrected chi connectivity index (χ2v) is 6.61. The van der Waals surface area contributed by atoms with Gasteiger partial charge >= 0.3 is 0 Å². The van der Waals surface area contributed by atoms with Crippen molar-refractivity contribution in [2.45, 2.75) is 47.5 Å². The van der Waals surface area contributed by atoms with Crippen molar-refractivity contribution < 1.29 is 0 Å². The van der Waals surface area contributed by atoms with Gasteiger partial charge < -0.3 is 0 Å². The molecule has 106 valence electrons. The molecule has 0 aliphatic heterocycles. The topological polar surface area (TPSA) is 0 Å². The maximum Gasteiger partial charge on any atom is -0.00238 e. The predicted molar refractivity (Wildman–Crippen MR) is 89.7 cm³/mol. The minimum atomic E-state index is 0.313. The molecule has 0 heterocycles. The highest BCUT2D eigenvalue weighted by molar-refractivity contribution is 5.69. The first-order chi connectivity index (χ1) is 9.41. The third-order valence-electron chi connectivity index (χ3n) is 4.14. The first-order valence-corrected chi connectivity index (χ1v) is 7.52. The van der Waals surface area contributed by atoms with Crippen molar-refractivity contribution in [2.75, 3.05) is 0 Å². The Morgan fingerprint density at radius 3 is 2.35 bits per heavy atom. The Morgan fingerprint density at radius 2 is 1.80 bits per heavy atom. The summed E-state index contributed by atoms with van der Waals surface area (Å²) in [6.07, 6.45) is 9.28. The van der Waals surface area contributed by atoms with Crippen LogP contribution < -0.4 is 0 Å². The SMILES string of the molecule is C/C=C(\CC1=CCC(C)(C)C=C1C)c1ccc(C)cc1. The summed E-state index contributed by atoms with van der Waals surface area (Å²) >= 11 is 0. The quantitative estimate of drug-likeness (QED) is 0.621. The van der Waals surface area contributed by atoms with Gasteiger partial charge in [-0.3, -0.25) is 0 Å². The van der Waals surface area contributed by atoms with E-state index in [1.165, 1.54) is 27.8 Å². The Balaban J connectivity index is 2.19. The number of hydrogen-bond acceptors (Lipinski definition) is 0. The Labute approximate surface area is 123 Å². The van der Waals surface area contributed by atoms with Crippen LogP contribution >= 0.6 is 0 Å². The molecule has 0 radical (unpaired) electrons. The molecule has 0 unspecified atom stereocenters. The highest BCUT2D eigenvalue weighted by Crippen LogP contribution is 2.36. The molecule has 2 rings (SSSR count). The molecule has 1 aliphatic rings. The molecule has 0 amide bonds. The summed E-state index contributed by atoms with van der Waals surface area (Å²) in [6.45, 7) is 11.1. The van der Waals surface area contributed by atoms with Crippen LogP contribution in [0.25, 0.3) is 5.57 Å². The molecule has 0 heteroatoms. The largest absolute Gasteiger partial charge is 0.0835 e. The van der Waals surface area contributed by atoms with E-state index in [1.807, 2.05) is 0 Å². The van der Waals surface area contributed by atoms with Gasteiger partial charge in [-0.15, -0.1) is 0 Å². The molecule has 0 atom stereocenters. The fraction of sp³-hybridized carbons (Fsp3) is 0.400. The summed E-state index contributed by atoms with van der Waals surface area (Å²) in [6, 6.07) is 8.86. The summed E-state index contributed by atoms with van der Waals surface area (Å²) in [4.78, 5) is 0. The zero-order valence-electron chi connectivity index (χ0n) is 13.5. The molecule has 0 saturated carbocycles. The highest BCUT2D eigenvalue weighted by Gasteiger charge is 2.19. The van der Waals surface area contributed by atoms with Gasteiger partial charge in [-0.05, 0) is 55.7 Å². The summed E-state index contributed by atoms with van der Waals surface area (Å²) in [5, 5.41) is 0. The average molecular weight is 266 g/mol. The smallest absolute Gasteiger partial charge is 0.00238 e. The molecule has 1 aliphatic carbocycles. The standard InChI is InChI=1S/C20H26/c1-6-17(18-9-7-15(2)8-10-18)13-19-11-12-20(4,5)14-16(19)3/h6-11,14H,12-13H2,1-5H3/b17-6+. The van der Waals surface area contributed by atoms with Gasteiger partial charge in [-0.2, -0.15) is 0 Å². The van der Waals surface area contributed by atoms with Gasteiger partial charge in [-0.1, -0.05) is 67.5 Å². The van der Waals surface area contributed by atoms with Crippen LogP contribution in [0.1, 0.15) is 51.7 Å². The molecule has 0 aromatic heterocycles. The Hall–Kier alpha value is -1.56. The number of rotatable bonds is 3.